The van der Waals surface area contributed by atoms with Crippen LogP contribution in [0.15, 0.2) is 24.3 Å². The van der Waals surface area contributed by atoms with Gasteiger partial charge in [0, 0.05) is 0 Å². The molecule has 0 fully saturated rings. The quantitative estimate of drug-likeness (QED) is 0.816. The number of esters is 1. The van der Waals surface area contributed by atoms with E-state index in [0.29, 0.717) is 5.75 Å². The van der Waals surface area contributed by atoms with Crippen molar-refractivity contribution in [2.75, 3.05) is 0 Å². The number of carbonyl (C=O) groups excluding carboxylic acids is 2. The molecule has 5 heteroatoms. The van der Waals surface area contributed by atoms with Gasteiger partial charge >= 0.3 is 12.1 Å². The van der Waals surface area contributed by atoms with Crippen LogP contribution in [0.2, 0.25) is 0 Å². The lowest BCUT2D eigenvalue weighted by molar-refractivity contribution is -0.158. The standard InChI is InChI=1S/C20H31NO4/c1-13(2)16(17(22)25-20(6,7)8)21-18(23)24-15-11-9-14(10-12-15)19(3,4)5/h9-13,16H,1-8H3,(H,21,23). The first-order valence-electron chi connectivity index (χ1n) is 8.61. The van der Waals surface area contributed by atoms with Gasteiger partial charge < -0.3 is 14.8 Å². The minimum atomic E-state index is -0.763. The van der Waals surface area contributed by atoms with Crippen LogP contribution in [0.4, 0.5) is 4.79 Å². The highest BCUT2D eigenvalue weighted by Crippen LogP contribution is 2.24. The molecule has 0 heterocycles. The molecule has 25 heavy (non-hydrogen) atoms. The number of amides is 1. The van der Waals surface area contributed by atoms with E-state index in [-0.39, 0.29) is 11.3 Å². The fourth-order valence-corrected chi connectivity index (χ4v) is 2.15. The molecule has 5 nitrogen and oxygen atoms in total. The highest BCUT2D eigenvalue weighted by molar-refractivity contribution is 5.82. The number of benzene rings is 1. The van der Waals surface area contributed by atoms with Crippen molar-refractivity contribution in [3.63, 3.8) is 0 Å². The van der Waals surface area contributed by atoms with Gasteiger partial charge in [-0.1, -0.05) is 46.8 Å². The molecule has 1 N–H and O–H groups in total. The minimum absolute atomic E-state index is 0.0280. The SMILES string of the molecule is CC(C)C(NC(=O)Oc1ccc(C(C)(C)C)cc1)C(=O)OC(C)(C)C. The van der Waals surface area contributed by atoms with Crippen LogP contribution in [-0.4, -0.2) is 23.7 Å². The van der Waals surface area contributed by atoms with E-state index in [4.69, 9.17) is 9.47 Å². The van der Waals surface area contributed by atoms with E-state index in [0.717, 1.165) is 5.56 Å². The number of nitrogens with one attached hydrogen (secondary N) is 1. The lowest BCUT2D eigenvalue weighted by Gasteiger charge is -2.26. The van der Waals surface area contributed by atoms with Crippen molar-refractivity contribution in [3.05, 3.63) is 29.8 Å². The molecular weight excluding hydrogens is 318 g/mol. The molecule has 0 spiro atoms. The lowest BCUT2D eigenvalue weighted by atomic mass is 9.87. The van der Waals surface area contributed by atoms with Crippen molar-refractivity contribution in [2.24, 2.45) is 5.92 Å². The summed E-state index contributed by atoms with van der Waals surface area (Å²) >= 11 is 0. The number of ether oxygens (including phenoxy) is 2. The Bertz CT molecular complexity index is 592. The fraction of sp³-hybridized carbons (Fsp3) is 0.600. The molecule has 1 amide bonds. The first-order chi connectivity index (χ1) is 11.3. The molecule has 0 aliphatic rings. The zero-order chi connectivity index (χ0) is 19.4. The van der Waals surface area contributed by atoms with Crippen molar-refractivity contribution in [2.45, 2.75) is 72.4 Å². The van der Waals surface area contributed by atoms with Crippen LogP contribution in [0.3, 0.4) is 0 Å². The van der Waals surface area contributed by atoms with Crippen molar-refractivity contribution in [1.29, 1.82) is 0 Å². The summed E-state index contributed by atoms with van der Waals surface area (Å²) in [5.41, 5.74) is 0.563. The predicted molar refractivity (Wildman–Crippen MR) is 98.8 cm³/mol. The number of rotatable bonds is 4. The molecule has 0 bridgehead atoms. The summed E-state index contributed by atoms with van der Waals surface area (Å²) in [6.07, 6.45) is -0.673. The van der Waals surface area contributed by atoms with Gasteiger partial charge in [0.2, 0.25) is 0 Å². The van der Waals surface area contributed by atoms with Crippen molar-refractivity contribution >= 4 is 12.1 Å². The van der Waals surface area contributed by atoms with Gasteiger partial charge in [-0.3, -0.25) is 0 Å². The predicted octanol–water partition coefficient (Wildman–Crippen LogP) is 4.44. The summed E-state index contributed by atoms with van der Waals surface area (Å²) in [5.74, 6) is -0.162. The maximum atomic E-state index is 12.3. The third kappa shape index (κ3) is 7.16. The second-order valence-electron chi connectivity index (χ2n) is 8.56. The zero-order valence-electron chi connectivity index (χ0n) is 16.6. The van der Waals surface area contributed by atoms with Gasteiger partial charge in [-0.05, 0) is 49.8 Å². The molecule has 0 aliphatic carbocycles. The molecule has 0 saturated heterocycles. The Morgan fingerprint density at radius 2 is 1.48 bits per heavy atom. The van der Waals surface area contributed by atoms with Crippen molar-refractivity contribution < 1.29 is 19.1 Å². The van der Waals surface area contributed by atoms with Crippen LogP contribution in [-0.2, 0) is 14.9 Å². The van der Waals surface area contributed by atoms with E-state index in [1.54, 1.807) is 32.9 Å². The maximum absolute atomic E-state index is 12.3. The van der Waals surface area contributed by atoms with Crippen LogP contribution in [0.1, 0.15) is 61.0 Å². The Hall–Kier alpha value is -2.04. The first kappa shape index (κ1) is 21.0. The summed E-state index contributed by atoms with van der Waals surface area (Å²) < 4.78 is 10.6. The second-order valence-corrected chi connectivity index (χ2v) is 8.56. The van der Waals surface area contributed by atoms with Gasteiger partial charge in [0.1, 0.15) is 17.4 Å². The third-order valence-electron chi connectivity index (χ3n) is 3.53. The molecule has 0 saturated carbocycles. The van der Waals surface area contributed by atoms with E-state index in [1.165, 1.54) is 0 Å². The average Bonchev–Trinajstić information content (AvgIpc) is 2.42. The van der Waals surface area contributed by atoms with Crippen LogP contribution in [0.25, 0.3) is 0 Å². The van der Waals surface area contributed by atoms with E-state index >= 15 is 0 Å². The van der Waals surface area contributed by atoms with Gasteiger partial charge in [0.05, 0.1) is 0 Å². The summed E-state index contributed by atoms with van der Waals surface area (Å²) in [7, 11) is 0. The average molecular weight is 349 g/mol. The Balaban J connectivity index is 2.74. The Morgan fingerprint density at radius 1 is 0.960 bits per heavy atom. The lowest BCUT2D eigenvalue weighted by Crippen LogP contribution is -2.48. The number of hydrogen-bond donors (Lipinski definition) is 1. The third-order valence-corrected chi connectivity index (χ3v) is 3.53. The number of carbonyl (C=O) groups is 2. The van der Waals surface area contributed by atoms with Crippen LogP contribution in [0, 0.1) is 5.92 Å². The maximum Gasteiger partial charge on any atom is 0.413 e. The van der Waals surface area contributed by atoms with Crippen LogP contribution in [0.5, 0.6) is 5.75 Å². The van der Waals surface area contributed by atoms with Gasteiger partial charge in [-0.15, -0.1) is 0 Å². The van der Waals surface area contributed by atoms with E-state index < -0.39 is 23.7 Å². The van der Waals surface area contributed by atoms with E-state index in [2.05, 4.69) is 26.1 Å². The van der Waals surface area contributed by atoms with Crippen LogP contribution >= 0.6 is 0 Å². The molecule has 0 aliphatic heterocycles. The largest absolute Gasteiger partial charge is 0.458 e. The highest BCUT2D eigenvalue weighted by Gasteiger charge is 2.29. The molecule has 1 unspecified atom stereocenters. The summed E-state index contributed by atoms with van der Waals surface area (Å²) in [6, 6.07) is 6.59. The molecule has 1 atom stereocenters. The van der Waals surface area contributed by atoms with Crippen molar-refractivity contribution in [3.8, 4) is 5.75 Å². The molecule has 0 aromatic heterocycles. The topological polar surface area (TPSA) is 64.6 Å². The fourth-order valence-electron chi connectivity index (χ4n) is 2.15. The second kappa shape index (κ2) is 7.89. The molecule has 140 valence electrons. The van der Waals surface area contributed by atoms with Gasteiger partial charge in [-0.25, -0.2) is 9.59 Å². The minimum Gasteiger partial charge on any atom is -0.458 e. The van der Waals surface area contributed by atoms with Gasteiger partial charge in [0.25, 0.3) is 0 Å². The molecule has 1 aromatic rings. The zero-order valence-corrected chi connectivity index (χ0v) is 16.6. The monoisotopic (exact) mass is 349 g/mol. The molecule has 1 rings (SSSR count). The Labute approximate surface area is 151 Å². The first-order valence-corrected chi connectivity index (χ1v) is 8.61. The summed E-state index contributed by atoms with van der Waals surface area (Å²) in [6.45, 7) is 15.4. The molecule has 1 aromatic carbocycles. The normalized spacial score (nSPS) is 13.3. The highest BCUT2D eigenvalue weighted by atomic mass is 16.6. The summed E-state index contributed by atoms with van der Waals surface area (Å²) in [5, 5.41) is 2.60. The molecule has 0 radical (unpaired) electrons. The van der Waals surface area contributed by atoms with E-state index in [9.17, 15) is 9.59 Å². The van der Waals surface area contributed by atoms with Gasteiger partial charge in [0.15, 0.2) is 0 Å². The van der Waals surface area contributed by atoms with Gasteiger partial charge in [-0.2, -0.15) is 0 Å². The smallest absolute Gasteiger partial charge is 0.413 e. The van der Waals surface area contributed by atoms with Crippen molar-refractivity contribution in [1.82, 2.24) is 5.32 Å². The number of hydrogen-bond acceptors (Lipinski definition) is 4. The summed E-state index contributed by atoms with van der Waals surface area (Å²) in [4.78, 5) is 24.4. The van der Waals surface area contributed by atoms with Crippen LogP contribution < -0.4 is 10.1 Å². The van der Waals surface area contributed by atoms with E-state index in [1.807, 2.05) is 26.0 Å². The molecular formula is C20H31NO4. The Morgan fingerprint density at radius 3 is 1.88 bits per heavy atom. The Kier molecular flexibility index (Phi) is 6.63.